The van der Waals surface area contributed by atoms with Gasteiger partial charge < -0.3 is 5.32 Å². The molecule has 1 aromatic carbocycles. The molecule has 0 aromatic heterocycles. The van der Waals surface area contributed by atoms with Gasteiger partial charge in [-0.15, -0.1) is 0 Å². The monoisotopic (exact) mass is 291 g/mol. The minimum absolute atomic E-state index is 0.534. The molecule has 0 atom stereocenters. The largest absolute Gasteiger partial charge is 0.331 e. The highest BCUT2D eigenvalue weighted by Crippen LogP contribution is 2.19. The average Bonchev–Trinajstić information content (AvgIpc) is 2.38. The van der Waals surface area contributed by atoms with Crippen LogP contribution in [0.25, 0.3) is 0 Å². The third kappa shape index (κ3) is 5.70. The van der Waals surface area contributed by atoms with Crippen molar-refractivity contribution in [3.8, 4) is 0 Å². The molecule has 2 N–H and O–H groups in total. The first-order valence-electron chi connectivity index (χ1n) is 7.06. The van der Waals surface area contributed by atoms with Gasteiger partial charge in [0.25, 0.3) is 0 Å². The van der Waals surface area contributed by atoms with E-state index in [1.54, 1.807) is 0 Å². The molecule has 0 fully saturated rings. The molecule has 4 heteroatoms. The van der Waals surface area contributed by atoms with Crippen molar-refractivity contribution in [3.63, 3.8) is 0 Å². The maximum absolute atomic E-state index is 5.28. The van der Waals surface area contributed by atoms with Crippen LogP contribution in [0.1, 0.15) is 44.7 Å². The van der Waals surface area contributed by atoms with E-state index < -0.39 is 0 Å². The van der Waals surface area contributed by atoms with Gasteiger partial charge in [-0.25, -0.2) is 0 Å². The highest BCUT2D eigenvalue weighted by atomic mass is 32.1. The molecular formula is C16H25N3S. The topological polar surface area (TPSA) is 36.4 Å². The van der Waals surface area contributed by atoms with Crippen molar-refractivity contribution >= 4 is 28.7 Å². The summed E-state index contributed by atoms with van der Waals surface area (Å²) in [5.41, 5.74) is 7.40. The number of aryl methyl sites for hydroxylation is 2. The first-order chi connectivity index (χ1) is 9.40. The lowest BCUT2D eigenvalue weighted by molar-refractivity contribution is 0.602. The number of para-hydroxylation sites is 1. The summed E-state index contributed by atoms with van der Waals surface area (Å²) in [6.07, 6.45) is 2.14. The minimum atomic E-state index is 0.534. The maximum atomic E-state index is 5.28. The number of thiocarbonyl (C=S) groups is 1. The molecule has 0 saturated carbocycles. The van der Waals surface area contributed by atoms with E-state index in [9.17, 15) is 0 Å². The van der Waals surface area contributed by atoms with Crippen LogP contribution in [0.15, 0.2) is 23.3 Å². The number of rotatable bonds is 5. The van der Waals surface area contributed by atoms with Crippen LogP contribution in [0, 0.1) is 19.8 Å². The van der Waals surface area contributed by atoms with Gasteiger partial charge in [0.2, 0.25) is 0 Å². The van der Waals surface area contributed by atoms with E-state index in [1.165, 1.54) is 11.1 Å². The molecule has 0 heterocycles. The summed E-state index contributed by atoms with van der Waals surface area (Å²) < 4.78 is 0. The zero-order chi connectivity index (χ0) is 15.1. The normalized spacial score (nSPS) is 11.6. The van der Waals surface area contributed by atoms with E-state index in [0.717, 1.165) is 24.2 Å². The van der Waals surface area contributed by atoms with Gasteiger partial charge in [-0.3, -0.25) is 5.43 Å². The van der Waals surface area contributed by atoms with Crippen LogP contribution in [-0.4, -0.2) is 10.8 Å². The van der Waals surface area contributed by atoms with Crippen LogP contribution in [0.2, 0.25) is 0 Å². The van der Waals surface area contributed by atoms with Gasteiger partial charge in [0, 0.05) is 11.4 Å². The van der Waals surface area contributed by atoms with E-state index >= 15 is 0 Å². The Hall–Kier alpha value is -1.42. The maximum Gasteiger partial charge on any atom is 0.191 e. The summed E-state index contributed by atoms with van der Waals surface area (Å²) >= 11 is 5.28. The minimum Gasteiger partial charge on any atom is -0.331 e. The van der Waals surface area contributed by atoms with Crippen molar-refractivity contribution in [3.05, 3.63) is 29.3 Å². The summed E-state index contributed by atoms with van der Waals surface area (Å²) in [4.78, 5) is 0. The SMILES string of the molecule is C/C(CCC(C)C)=N\NC(=S)Nc1c(C)cccc1C. The van der Waals surface area contributed by atoms with Gasteiger partial charge >= 0.3 is 0 Å². The molecule has 0 aliphatic rings. The second-order valence-electron chi connectivity index (χ2n) is 5.61. The Kier molecular flexibility index (Phi) is 6.65. The molecule has 1 aromatic rings. The van der Waals surface area contributed by atoms with E-state index in [-0.39, 0.29) is 0 Å². The molecule has 20 heavy (non-hydrogen) atoms. The quantitative estimate of drug-likeness (QED) is 0.479. The van der Waals surface area contributed by atoms with E-state index in [2.05, 4.69) is 55.7 Å². The zero-order valence-corrected chi connectivity index (χ0v) is 13.9. The lowest BCUT2D eigenvalue weighted by Crippen LogP contribution is -2.25. The van der Waals surface area contributed by atoms with Crippen LogP contribution in [-0.2, 0) is 0 Å². The molecule has 0 saturated heterocycles. The number of hydrogen-bond donors (Lipinski definition) is 2. The second kappa shape index (κ2) is 8.00. The van der Waals surface area contributed by atoms with E-state index in [0.29, 0.717) is 11.0 Å². The molecule has 0 aliphatic heterocycles. The van der Waals surface area contributed by atoms with Crippen molar-refractivity contribution in [2.45, 2.75) is 47.5 Å². The fourth-order valence-electron chi connectivity index (χ4n) is 1.85. The van der Waals surface area contributed by atoms with Gasteiger partial charge in [0.1, 0.15) is 0 Å². The number of anilines is 1. The Labute approximate surface area is 127 Å². The van der Waals surface area contributed by atoms with Crippen molar-refractivity contribution in [1.82, 2.24) is 5.43 Å². The number of nitrogens with zero attached hydrogens (tertiary/aromatic N) is 1. The summed E-state index contributed by atoms with van der Waals surface area (Å²) in [6, 6.07) is 6.17. The van der Waals surface area contributed by atoms with Crippen LogP contribution in [0.3, 0.4) is 0 Å². The van der Waals surface area contributed by atoms with Gasteiger partial charge in [-0.2, -0.15) is 5.10 Å². The smallest absolute Gasteiger partial charge is 0.191 e. The predicted octanol–water partition coefficient (Wildman–Crippen LogP) is 4.40. The van der Waals surface area contributed by atoms with Gasteiger partial charge in [0.05, 0.1) is 0 Å². The Bertz CT molecular complexity index is 472. The third-order valence-corrected chi connectivity index (χ3v) is 3.34. The Balaban J connectivity index is 2.54. The molecule has 110 valence electrons. The van der Waals surface area contributed by atoms with Crippen LogP contribution < -0.4 is 10.7 Å². The average molecular weight is 291 g/mol. The lowest BCUT2D eigenvalue weighted by atomic mass is 10.1. The third-order valence-electron chi connectivity index (χ3n) is 3.15. The summed E-state index contributed by atoms with van der Waals surface area (Å²) in [5.74, 6) is 0.694. The summed E-state index contributed by atoms with van der Waals surface area (Å²) in [6.45, 7) is 10.6. The Morgan fingerprint density at radius 1 is 1.25 bits per heavy atom. The number of benzene rings is 1. The number of nitrogens with one attached hydrogen (secondary N) is 2. The Morgan fingerprint density at radius 3 is 2.40 bits per heavy atom. The molecule has 0 radical (unpaired) electrons. The van der Waals surface area contributed by atoms with Crippen molar-refractivity contribution < 1.29 is 0 Å². The molecule has 0 aliphatic carbocycles. The van der Waals surface area contributed by atoms with Crippen LogP contribution >= 0.6 is 12.2 Å². The predicted molar refractivity (Wildman–Crippen MR) is 92.5 cm³/mol. The van der Waals surface area contributed by atoms with Crippen molar-refractivity contribution in [2.75, 3.05) is 5.32 Å². The van der Waals surface area contributed by atoms with Crippen LogP contribution in [0.4, 0.5) is 5.69 Å². The summed E-state index contributed by atoms with van der Waals surface area (Å²) in [7, 11) is 0. The molecule has 3 nitrogen and oxygen atoms in total. The molecule has 1 rings (SSSR count). The second-order valence-corrected chi connectivity index (χ2v) is 6.02. The van der Waals surface area contributed by atoms with Crippen molar-refractivity contribution in [2.24, 2.45) is 11.0 Å². The summed E-state index contributed by atoms with van der Waals surface area (Å²) in [5, 5.41) is 8.06. The molecule has 0 unspecified atom stereocenters. The number of hydrogen-bond acceptors (Lipinski definition) is 2. The van der Waals surface area contributed by atoms with Gasteiger partial charge in [0.15, 0.2) is 5.11 Å². The first-order valence-corrected chi connectivity index (χ1v) is 7.47. The van der Waals surface area contributed by atoms with Crippen LogP contribution in [0.5, 0.6) is 0 Å². The van der Waals surface area contributed by atoms with Gasteiger partial charge in [-0.05, 0) is 62.9 Å². The fourth-order valence-corrected chi connectivity index (χ4v) is 2.00. The lowest BCUT2D eigenvalue weighted by Gasteiger charge is -2.13. The van der Waals surface area contributed by atoms with Gasteiger partial charge in [-0.1, -0.05) is 32.0 Å². The molecular weight excluding hydrogens is 266 g/mol. The molecule has 0 spiro atoms. The molecule has 0 bridgehead atoms. The van der Waals surface area contributed by atoms with E-state index in [1.807, 2.05) is 13.0 Å². The zero-order valence-electron chi connectivity index (χ0n) is 13.1. The standard InChI is InChI=1S/C16H25N3S/c1-11(2)9-10-14(5)18-19-16(20)17-15-12(3)7-6-8-13(15)4/h6-8,11H,9-10H2,1-5H3,(H2,17,19,20)/b18-14+. The fraction of sp³-hybridized carbons (Fsp3) is 0.500. The molecule has 0 amide bonds. The highest BCUT2D eigenvalue weighted by Gasteiger charge is 2.03. The highest BCUT2D eigenvalue weighted by molar-refractivity contribution is 7.80. The number of hydrazone groups is 1. The Morgan fingerprint density at radius 2 is 1.85 bits per heavy atom. The first kappa shape index (κ1) is 16.6. The van der Waals surface area contributed by atoms with Crippen molar-refractivity contribution in [1.29, 1.82) is 0 Å². The van der Waals surface area contributed by atoms with E-state index in [4.69, 9.17) is 12.2 Å².